The van der Waals surface area contributed by atoms with E-state index in [9.17, 15) is 8.78 Å². The van der Waals surface area contributed by atoms with Crippen molar-refractivity contribution >= 4 is 15.9 Å². The molecule has 0 bridgehead atoms. The molecule has 0 saturated heterocycles. The minimum atomic E-state index is -0.711. The van der Waals surface area contributed by atoms with Crippen molar-refractivity contribution in [3.05, 3.63) is 33.8 Å². The minimum Gasteiger partial charge on any atom is -0.376 e. The Balaban J connectivity index is 2.50. The number of nitrogens with one attached hydrogen (secondary N) is 1. The Hall–Kier alpha value is -0.560. The van der Waals surface area contributed by atoms with Crippen LogP contribution in [0.4, 0.5) is 8.78 Å². The van der Waals surface area contributed by atoms with Gasteiger partial charge in [-0.3, -0.25) is 5.84 Å². The molecule has 1 aliphatic carbocycles. The van der Waals surface area contributed by atoms with Crippen molar-refractivity contribution < 1.29 is 13.5 Å². The Morgan fingerprint density at radius 3 is 2.53 bits per heavy atom. The van der Waals surface area contributed by atoms with Crippen LogP contribution in [0.1, 0.15) is 37.3 Å². The third-order valence-corrected chi connectivity index (χ3v) is 4.53. The largest absolute Gasteiger partial charge is 0.376 e. The topological polar surface area (TPSA) is 47.3 Å². The molecule has 2 rings (SSSR count). The molecule has 1 aromatic carbocycles. The van der Waals surface area contributed by atoms with E-state index in [0.29, 0.717) is 0 Å². The van der Waals surface area contributed by atoms with Crippen molar-refractivity contribution in [2.45, 2.75) is 37.3 Å². The number of methoxy groups -OCH3 is 1. The highest BCUT2D eigenvalue weighted by atomic mass is 79.9. The molecule has 1 unspecified atom stereocenters. The van der Waals surface area contributed by atoms with Crippen LogP contribution in [0.15, 0.2) is 16.6 Å². The van der Waals surface area contributed by atoms with Gasteiger partial charge >= 0.3 is 0 Å². The van der Waals surface area contributed by atoms with Gasteiger partial charge in [0.1, 0.15) is 11.6 Å². The van der Waals surface area contributed by atoms with Gasteiger partial charge in [0, 0.05) is 12.7 Å². The van der Waals surface area contributed by atoms with Gasteiger partial charge in [-0.05, 0) is 40.9 Å². The highest BCUT2D eigenvalue weighted by molar-refractivity contribution is 9.10. The molecule has 1 aliphatic rings. The van der Waals surface area contributed by atoms with E-state index in [-0.39, 0.29) is 10.0 Å². The maximum absolute atomic E-state index is 14.2. The average molecular weight is 335 g/mol. The Morgan fingerprint density at radius 2 is 2.00 bits per heavy atom. The van der Waals surface area contributed by atoms with E-state index in [1.54, 1.807) is 7.11 Å². The maximum atomic E-state index is 14.2. The van der Waals surface area contributed by atoms with Crippen molar-refractivity contribution in [2.75, 3.05) is 7.11 Å². The highest BCUT2D eigenvalue weighted by Crippen LogP contribution is 2.44. The number of rotatable bonds is 4. The van der Waals surface area contributed by atoms with Crippen LogP contribution in [0, 0.1) is 11.6 Å². The summed E-state index contributed by atoms with van der Waals surface area (Å²) in [6.45, 7) is 0. The predicted octanol–water partition coefficient (Wildman–Crippen LogP) is 3.19. The molecule has 0 aromatic heterocycles. The predicted molar refractivity (Wildman–Crippen MR) is 72.3 cm³/mol. The zero-order valence-electron chi connectivity index (χ0n) is 10.7. The first-order chi connectivity index (χ1) is 9.05. The summed E-state index contributed by atoms with van der Waals surface area (Å²) in [6.07, 6.45) is 3.38. The number of benzene rings is 1. The molecule has 3 nitrogen and oxygen atoms in total. The van der Waals surface area contributed by atoms with E-state index in [1.807, 2.05) is 0 Å². The van der Waals surface area contributed by atoms with Crippen LogP contribution in [0.25, 0.3) is 0 Å². The summed E-state index contributed by atoms with van der Waals surface area (Å²) in [5, 5.41) is 0. The molecule has 0 amide bonds. The summed E-state index contributed by atoms with van der Waals surface area (Å²) in [5.41, 5.74) is 1.81. The molecule has 0 heterocycles. The number of nitrogens with two attached hydrogens (primary N) is 1. The quantitative estimate of drug-likeness (QED) is 0.505. The number of hydrogen-bond acceptors (Lipinski definition) is 3. The van der Waals surface area contributed by atoms with Gasteiger partial charge in [-0.1, -0.05) is 12.8 Å². The normalized spacial score (nSPS) is 19.6. The third-order valence-electron chi connectivity index (χ3n) is 3.92. The summed E-state index contributed by atoms with van der Waals surface area (Å²) in [4.78, 5) is 0. The maximum Gasteiger partial charge on any atom is 0.145 e. The zero-order chi connectivity index (χ0) is 14.0. The SMILES string of the molecule is COC1(C(NN)c2c(F)ccc(Br)c2F)CCCC1. The fraction of sp³-hybridized carbons (Fsp3) is 0.538. The number of halogens is 3. The lowest BCUT2D eigenvalue weighted by Crippen LogP contribution is -2.47. The highest BCUT2D eigenvalue weighted by Gasteiger charge is 2.44. The first kappa shape index (κ1) is 14.8. The van der Waals surface area contributed by atoms with Crippen molar-refractivity contribution in [2.24, 2.45) is 5.84 Å². The van der Waals surface area contributed by atoms with Crippen LogP contribution in [-0.4, -0.2) is 12.7 Å². The molecule has 3 N–H and O–H groups in total. The van der Waals surface area contributed by atoms with Crippen molar-refractivity contribution in [1.29, 1.82) is 0 Å². The first-order valence-electron chi connectivity index (χ1n) is 6.20. The van der Waals surface area contributed by atoms with Crippen molar-refractivity contribution in [1.82, 2.24) is 5.43 Å². The van der Waals surface area contributed by atoms with E-state index in [0.717, 1.165) is 25.7 Å². The van der Waals surface area contributed by atoms with Crippen LogP contribution in [0.2, 0.25) is 0 Å². The smallest absolute Gasteiger partial charge is 0.145 e. The molecule has 0 aliphatic heterocycles. The minimum absolute atomic E-state index is 0.0689. The standard InChI is InChI=1S/C13H17BrF2N2O/c1-19-13(6-2-3-7-13)12(18-17)10-9(15)5-4-8(14)11(10)16/h4-5,12,18H,2-3,6-7,17H2,1H3. The van der Waals surface area contributed by atoms with Gasteiger partial charge in [-0.25, -0.2) is 14.2 Å². The summed E-state index contributed by atoms with van der Waals surface area (Å²) < 4.78 is 34.0. The monoisotopic (exact) mass is 334 g/mol. The Labute approximate surface area is 119 Å². The van der Waals surface area contributed by atoms with E-state index in [2.05, 4.69) is 21.4 Å². The van der Waals surface area contributed by atoms with E-state index >= 15 is 0 Å². The summed E-state index contributed by atoms with van der Waals surface area (Å²) in [5.74, 6) is 4.30. The lowest BCUT2D eigenvalue weighted by atomic mass is 9.86. The van der Waals surface area contributed by atoms with Crippen LogP contribution >= 0.6 is 15.9 Å². The summed E-state index contributed by atoms with van der Waals surface area (Å²) in [7, 11) is 1.56. The summed E-state index contributed by atoms with van der Waals surface area (Å²) in [6, 6.07) is 1.86. The first-order valence-corrected chi connectivity index (χ1v) is 6.99. The summed E-state index contributed by atoms with van der Waals surface area (Å²) >= 11 is 3.07. The lowest BCUT2D eigenvalue weighted by molar-refractivity contribution is -0.0386. The molecule has 106 valence electrons. The lowest BCUT2D eigenvalue weighted by Gasteiger charge is -2.36. The molecule has 1 aromatic rings. The van der Waals surface area contributed by atoms with E-state index in [1.165, 1.54) is 12.1 Å². The van der Waals surface area contributed by atoms with Gasteiger partial charge in [0.2, 0.25) is 0 Å². The second kappa shape index (κ2) is 5.83. The molecule has 0 radical (unpaired) electrons. The molecule has 1 saturated carbocycles. The molecular formula is C13H17BrF2N2O. The average Bonchev–Trinajstić information content (AvgIpc) is 2.89. The molecule has 6 heteroatoms. The third kappa shape index (κ3) is 2.54. The van der Waals surface area contributed by atoms with Gasteiger partial charge in [0.15, 0.2) is 0 Å². The zero-order valence-corrected chi connectivity index (χ0v) is 12.3. The van der Waals surface area contributed by atoms with E-state index in [4.69, 9.17) is 10.6 Å². The second-order valence-corrected chi connectivity index (χ2v) is 5.69. The fourth-order valence-electron chi connectivity index (χ4n) is 2.89. The van der Waals surface area contributed by atoms with Gasteiger partial charge < -0.3 is 4.74 Å². The number of hydrogen-bond donors (Lipinski definition) is 2. The molecule has 19 heavy (non-hydrogen) atoms. The van der Waals surface area contributed by atoms with Crippen molar-refractivity contribution in [3.8, 4) is 0 Å². The van der Waals surface area contributed by atoms with Gasteiger partial charge in [-0.15, -0.1) is 0 Å². The Morgan fingerprint density at radius 1 is 1.37 bits per heavy atom. The van der Waals surface area contributed by atoms with Crippen molar-refractivity contribution in [3.63, 3.8) is 0 Å². The molecular weight excluding hydrogens is 318 g/mol. The van der Waals surface area contributed by atoms with Gasteiger partial charge in [0.25, 0.3) is 0 Å². The van der Waals surface area contributed by atoms with Gasteiger partial charge in [-0.2, -0.15) is 0 Å². The van der Waals surface area contributed by atoms with Crippen LogP contribution in [0.3, 0.4) is 0 Å². The molecule has 1 atom stereocenters. The Bertz CT molecular complexity index is 464. The van der Waals surface area contributed by atoms with Crippen LogP contribution in [0.5, 0.6) is 0 Å². The van der Waals surface area contributed by atoms with E-state index < -0.39 is 23.3 Å². The molecule has 1 fully saturated rings. The van der Waals surface area contributed by atoms with Crippen LogP contribution in [-0.2, 0) is 4.74 Å². The number of hydrazine groups is 1. The second-order valence-electron chi connectivity index (χ2n) is 4.83. The fourth-order valence-corrected chi connectivity index (χ4v) is 3.24. The van der Waals surface area contributed by atoms with Gasteiger partial charge in [0.05, 0.1) is 16.1 Å². The Kier molecular flexibility index (Phi) is 4.55. The molecule has 0 spiro atoms. The van der Waals surface area contributed by atoms with Crippen LogP contribution < -0.4 is 11.3 Å². The number of ether oxygens (including phenoxy) is 1.